The first-order valence-electron chi connectivity index (χ1n) is 4.69. The highest BCUT2D eigenvalue weighted by molar-refractivity contribution is 5.34. The Labute approximate surface area is 73.6 Å². The van der Waals surface area contributed by atoms with Crippen LogP contribution in [0, 0.1) is 0 Å². The molecule has 0 bridgehead atoms. The molecule has 2 N–H and O–H groups in total. The average molecular weight is 161 g/mol. The van der Waals surface area contributed by atoms with Gasteiger partial charge in [-0.15, -0.1) is 0 Å². The zero-order valence-electron chi connectivity index (χ0n) is 7.29. The number of rotatable bonds is 2. The van der Waals surface area contributed by atoms with Crippen LogP contribution in [0.4, 0.5) is 0 Å². The van der Waals surface area contributed by atoms with Crippen molar-refractivity contribution < 1.29 is 0 Å². The van der Waals surface area contributed by atoms with Gasteiger partial charge in [-0.1, -0.05) is 24.3 Å². The van der Waals surface area contributed by atoms with Gasteiger partial charge in [0.05, 0.1) is 0 Å². The summed E-state index contributed by atoms with van der Waals surface area (Å²) in [4.78, 5) is 0. The van der Waals surface area contributed by atoms with Crippen molar-refractivity contribution in [1.29, 1.82) is 0 Å². The molecule has 0 fully saturated rings. The Morgan fingerprint density at radius 3 is 3.00 bits per heavy atom. The smallest absolute Gasteiger partial charge is 0.00714 e. The second-order valence-electron chi connectivity index (χ2n) is 3.51. The molecule has 0 saturated carbocycles. The molecule has 0 radical (unpaired) electrons. The lowest BCUT2D eigenvalue weighted by Crippen LogP contribution is -2.04. The van der Waals surface area contributed by atoms with E-state index in [0.717, 1.165) is 18.9 Å². The first-order chi connectivity index (χ1) is 5.92. The molecule has 1 unspecified atom stereocenters. The molecule has 0 aliphatic heterocycles. The molecule has 0 spiro atoms. The summed E-state index contributed by atoms with van der Waals surface area (Å²) in [6, 6.07) is 8.76. The fraction of sp³-hybridized carbons (Fsp3) is 0.455. The van der Waals surface area contributed by atoms with Gasteiger partial charge in [0.15, 0.2) is 0 Å². The Bertz CT molecular complexity index is 265. The lowest BCUT2D eigenvalue weighted by molar-refractivity contribution is 0.627. The van der Waals surface area contributed by atoms with Crippen LogP contribution in [0.25, 0.3) is 0 Å². The maximum Gasteiger partial charge on any atom is -0.00714 e. The fourth-order valence-electron chi connectivity index (χ4n) is 2.15. The Morgan fingerprint density at radius 2 is 2.17 bits per heavy atom. The number of benzene rings is 1. The summed E-state index contributed by atoms with van der Waals surface area (Å²) in [7, 11) is 0. The molecule has 0 saturated heterocycles. The lowest BCUT2D eigenvalue weighted by atomic mass is 9.98. The first-order valence-corrected chi connectivity index (χ1v) is 4.69. The summed E-state index contributed by atoms with van der Waals surface area (Å²) in [5.41, 5.74) is 8.65. The third-order valence-corrected chi connectivity index (χ3v) is 2.77. The molecule has 1 aliphatic rings. The van der Waals surface area contributed by atoms with Gasteiger partial charge < -0.3 is 5.73 Å². The molecule has 2 rings (SSSR count). The standard InChI is InChI=1S/C11H15N/c12-8-7-10-6-5-9-3-1-2-4-11(9)10/h1-4,10H,5-8,12H2. The second-order valence-corrected chi connectivity index (χ2v) is 3.51. The molecule has 1 aromatic carbocycles. The van der Waals surface area contributed by atoms with Crippen molar-refractivity contribution >= 4 is 0 Å². The predicted octanol–water partition coefficient (Wildman–Crippen LogP) is 2.07. The average Bonchev–Trinajstić information content (AvgIpc) is 2.50. The third kappa shape index (κ3) is 1.25. The van der Waals surface area contributed by atoms with Gasteiger partial charge in [-0.25, -0.2) is 0 Å². The van der Waals surface area contributed by atoms with Crippen LogP contribution in [0.15, 0.2) is 24.3 Å². The number of fused-ring (bicyclic) bond motifs is 1. The summed E-state index contributed by atoms with van der Waals surface area (Å²) >= 11 is 0. The van der Waals surface area contributed by atoms with E-state index < -0.39 is 0 Å². The van der Waals surface area contributed by atoms with Crippen LogP contribution < -0.4 is 5.73 Å². The predicted molar refractivity (Wildman–Crippen MR) is 51.2 cm³/mol. The molecule has 1 nitrogen and oxygen atoms in total. The van der Waals surface area contributed by atoms with Crippen LogP contribution in [0.2, 0.25) is 0 Å². The Morgan fingerprint density at radius 1 is 1.33 bits per heavy atom. The van der Waals surface area contributed by atoms with Gasteiger partial charge in [-0.2, -0.15) is 0 Å². The highest BCUT2D eigenvalue weighted by Crippen LogP contribution is 2.34. The Hall–Kier alpha value is -0.820. The fourth-order valence-corrected chi connectivity index (χ4v) is 2.15. The maximum absolute atomic E-state index is 5.57. The van der Waals surface area contributed by atoms with E-state index in [4.69, 9.17) is 5.73 Å². The molecular weight excluding hydrogens is 146 g/mol. The van der Waals surface area contributed by atoms with Crippen molar-refractivity contribution in [3.05, 3.63) is 35.4 Å². The van der Waals surface area contributed by atoms with Gasteiger partial charge in [0.1, 0.15) is 0 Å². The molecule has 1 aliphatic carbocycles. The number of aryl methyl sites for hydroxylation is 1. The summed E-state index contributed by atoms with van der Waals surface area (Å²) in [5.74, 6) is 0.742. The minimum atomic E-state index is 0.742. The minimum absolute atomic E-state index is 0.742. The molecule has 1 heteroatoms. The van der Waals surface area contributed by atoms with E-state index in [-0.39, 0.29) is 0 Å². The number of nitrogens with two attached hydrogens (primary N) is 1. The molecule has 0 amide bonds. The van der Waals surface area contributed by atoms with Crippen LogP contribution in [0.3, 0.4) is 0 Å². The van der Waals surface area contributed by atoms with Gasteiger partial charge in [-0.3, -0.25) is 0 Å². The summed E-state index contributed by atoms with van der Waals surface area (Å²) in [6.07, 6.45) is 3.70. The van der Waals surface area contributed by atoms with Crippen LogP contribution in [0.1, 0.15) is 29.9 Å². The molecule has 1 aromatic rings. The quantitative estimate of drug-likeness (QED) is 0.706. The van der Waals surface area contributed by atoms with Crippen LogP contribution in [-0.4, -0.2) is 6.54 Å². The van der Waals surface area contributed by atoms with E-state index >= 15 is 0 Å². The molecular formula is C11H15N. The van der Waals surface area contributed by atoms with Gasteiger partial charge in [-0.05, 0) is 42.9 Å². The number of hydrogen-bond donors (Lipinski definition) is 1. The molecule has 12 heavy (non-hydrogen) atoms. The lowest BCUT2D eigenvalue weighted by Gasteiger charge is -2.08. The monoisotopic (exact) mass is 161 g/mol. The van der Waals surface area contributed by atoms with Crippen LogP contribution in [0.5, 0.6) is 0 Å². The summed E-state index contributed by atoms with van der Waals surface area (Å²) in [6.45, 7) is 0.818. The van der Waals surface area contributed by atoms with Gasteiger partial charge >= 0.3 is 0 Å². The number of hydrogen-bond acceptors (Lipinski definition) is 1. The zero-order valence-corrected chi connectivity index (χ0v) is 7.29. The van der Waals surface area contributed by atoms with Crippen molar-refractivity contribution in [2.75, 3.05) is 6.54 Å². The van der Waals surface area contributed by atoms with Crippen molar-refractivity contribution in [2.45, 2.75) is 25.2 Å². The third-order valence-electron chi connectivity index (χ3n) is 2.77. The van der Waals surface area contributed by atoms with Gasteiger partial charge in [0.2, 0.25) is 0 Å². The van der Waals surface area contributed by atoms with Crippen molar-refractivity contribution in [1.82, 2.24) is 0 Å². The topological polar surface area (TPSA) is 26.0 Å². The van der Waals surface area contributed by atoms with E-state index in [9.17, 15) is 0 Å². The highest BCUT2D eigenvalue weighted by atomic mass is 14.5. The zero-order chi connectivity index (χ0) is 8.39. The summed E-state index contributed by atoms with van der Waals surface area (Å²) in [5, 5.41) is 0. The minimum Gasteiger partial charge on any atom is -0.330 e. The highest BCUT2D eigenvalue weighted by Gasteiger charge is 2.20. The van der Waals surface area contributed by atoms with Crippen molar-refractivity contribution in [3.8, 4) is 0 Å². The first kappa shape index (κ1) is 7.81. The van der Waals surface area contributed by atoms with Crippen LogP contribution >= 0.6 is 0 Å². The van der Waals surface area contributed by atoms with Gasteiger partial charge in [0, 0.05) is 0 Å². The Kier molecular flexibility index (Phi) is 2.13. The normalized spacial score (nSPS) is 20.9. The van der Waals surface area contributed by atoms with Crippen molar-refractivity contribution in [3.63, 3.8) is 0 Å². The maximum atomic E-state index is 5.57. The van der Waals surface area contributed by atoms with Crippen molar-refractivity contribution in [2.24, 2.45) is 5.73 Å². The summed E-state index contributed by atoms with van der Waals surface area (Å²) < 4.78 is 0. The van der Waals surface area contributed by atoms with E-state index in [1.807, 2.05) is 0 Å². The Balaban J connectivity index is 2.24. The molecule has 64 valence electrons. The van der Waals surface area contributed by atoms with E-state index in [1.54, 1.807) is 5.56 Å². The van der Waals surface area contributed by atoms with E-state index in [2.05, 4.69) is 24.3 Å². The van der Waals surface area contributed by atoms with E-state index in [1.165, 1.54) is 18.4 Å². The molecule has 0 aromatic heterocycles. The largest absolute Gasteiger partial charge is 0.330 e. The second kappa shape index (κ2) is 3.28. The van der Waals surface area contributed by atoms with Crippen LogP contribution in [-0.2, 0) is 6.42 Å². The molecule has 1 atom stereocenters. The van der Waals surface area contributed by atoms with E-state index in [0.29, 0.717) is 0 Å². The SMILES string of the molecule is NCCC1CCc2ccccc21. The molecule has 0 heterocycles. The van der Waals surface area contributed by atoms with Gasteiger partial charge in [0.25, 0.3) is 0 Å².